The number of fused-ring (bicyclic) bond motifs is 1. The zero-order valence-corrected chi connectivity index (χ0v) is 18.6. The number of halogens is 1. The normalized spacial score (nSPS) is 10.8. The molecule has 0 aliphatic carbocycles. The second kappa shape index (κ2) is 9.22. The number of benzene rings is 3. The number of hydrogen-bond acceptors (Lipinski definition) is 5. The molecule has 0 aliphatic heterocycles. The number of methoxy groups -OCH3 is 2. The van der Waals surface area contributed by atoms with Gasteiger partial charge in [0.05, 0.1) is 30.8 Å². The lowest BCUT2D eigenvalue weighted by Gasteiger charge is -2.15. The number of anilines is 1. The van der Waals surface area contributed by atoms with E-state index < -0.39 is 17.2 Å². The lowest BCUT2D eigenvalue weighted by molar-refractivity contribution is -0.116. The molecule has 0 atom stereocenters. The van der Waals surface area contributed by atoms with Crippen LogP contribution < -0.4 is 26.0 Å². The summed E-state index contributed by atoms with van der Waals surface area (Å²) < 4.78 is 12.8. The monoisotopic (exact) mass is 465 g/mol. The number of nitrogens with zero attached hydrogens (tertiary/aromatic N) is 2. The number of hydrogen-bond donors (Lipinski definition) is 1. The van der Waals surface area contributed by atoms with Crippen LogP contribution in [0.1, 0.15) is 0 Å². The maximum absolute atomic E-state index is 13.3. The zero-order chi connectivity index (χ0) is 23.5. The molecule has 0 unspecified atom stereocenters. The zero-order valence-electron chi connectivity index (χ0n) is 17.9. The number of rotatable bonds is 6. The highest BCUT2D eigenvalue weighted by Crippen LogP contribution is 2.29. The van der Waals surface area contributed by atoms with Crippen molar-refractivity contribution in [3.63, 3.8) is 0 Å². The van der Waals surface area contributed by atoms with Crippen LogP contribution in [0.2, 0.25) is 5.02 Å². The smallest absolute Gasteiger partial charge is 0.336 e. The molecule has 1 heterocycles. The summed E-state index contributed by atoms with van der Waals surface area (Å²) in [6.07, 6.45) is 0. The molecule has 0 saturated carbocycles. The largest absolute Gasteiger partial charge is 0.493 e. The summed E-state index contributed by atoms with van der Waals surface area (Å²) in [5.41, 5.74) is 0.0772. The molecule has 8 nitrogen and oxygen atoms in total. The van der Waals surface area contributed by atoms with Gasteiger partial charge in [-0.15, -0.1) is 0 Å². The number of para-hydroxylation sites is 1. The first kappa shape index (κ1) is 22.2. The van der Waals surface area contributed by atoms with Crippen LogP contribution in [-0.4, -0.2) is 29.3 Å². The molecule has 4 rings (SSSR count). The van der Waals surface area contributed by atoms with E-state index in [2.05, 4.69) is 5.32 Å². The van der Waals surface area contributed by atoms with E-state index >= 15 is 0 Å². The van der Waals surface area contributed by atoms with Gasteiger partial charge in [0.1, 0.15) is 6.54 Å². The Morgan fingerprint density at radius 1 is 0.939 bits per heavy atom. The predicted molar refractivity (Wildman–Crippen MR) is 127 cm³/mol. The minimum absolute atomic E-state index is 0.304. The van der Waals surface area contributed by atoms with Gasteiger partial charge in [0.15, 0.2) is 11.5 Å². The Hall–Kier alpha value is -4.04. The SMILES string of the molecule is COc1ccc(NC(=O)Cn2c(=O)n(-c3ccc(Cl)cc3)c(=O)c3ccccc32)cc1OC. The molecule has 3 aromatic carbocycles. The predicted octanol–water partition coefficient (Wildman–Crippen LogP) is 3.46. The van der Waals surface area contributed by atoms with Crippen LogP contribution >= 0.6 is 11.6 Å². The minimum atomic E-state index is -0.636. The third-order valence-electron chi connectivity index (χ3n) is 5.10. The molecule has 0 fully saturated rings. The Labute approximate surface area is 193 Å². The van der Waals surface area contributed by atoms with E-state index in [1.165, 1.54) is 18.8 Å². The van der Waals surface area contributed by atoms with E-state index in [1.807, 2.05) is 0 Å². The molecule has 0 radical (unpaired) electrons. The molecule has 0 bridgehead atoms. The topological polar surface area (TPSA) is 91.6 Å². The maximum Gasteiger partial charge on any atom is 0.336 e. The molecule has 1 amide bonds. The van der Waals surface area contributed by atoms with E-state index in [9.17, 15) is 14.4 Å². The fourth-order valence-corrected chi connectivity index (χ4v) is 3.68. The number of amides is 1. The molecule has 1 N–H and O–H groups in total. The van der Waals surface area contributed by atoms with Crippen molar-refractivity contribution in [1.82, 2.24) is 9.13 Å². The van der Waals surface area contributed by atoms with E-state index in [4.69, 9.17) is 21.1 Å². The summed E-state index contributed by atoms with van der Waals surface area (Å²) in [7, 11) is 3.01. The van der Waals surface area contributed by atoms with Crippen LogP contribution in [0.25, 0.3) is 16.6 Å². The van der Waals surface area contributed by atoms with Crippen molar-refractivity contribution in [2.24, 2.45) is 0 Å². The summed E-state index contributed by atoms with van der Waals surface area (Å²) in [6.45, 7) is -0.304. The second-order valence-corrected chi connectivity index (χ2v) is 7.56. The molecule has 0 aliphatic rings. The average molecular weight is 466 g/mol. The Bertz CT molecular complexity index is 1460. The Balaban J connectivity index is 1.76. The van der Waals surface area contributed by atoms with Gasteiger partial charge < -0.3 is 14.8 Å². The molecule has 0 saturated heterocycles. The van der Waals surface area contributed by atoms with Crippen molar-refractivity contribution in [2.45, 2.75) is 6.54 Å². The average Bonchev–Trinajstić information content (AvgIpc) is 2.83. The number of carbonyl (C=O) groups excluding carboxylic acids is 1. The van der Waals surface area contributed by atoms with Crippen molar-refractivity contribution < 1.29 is 14.3 Å². The van der Waals surface area contributed by atoms with Gasteiger partial charge in [0, 0.05) is 16.8 Å². The molecule has 33 heavy (non-hydrogen) atoms. The molecule has 168 valence electrons. The summed E-state index contributed by atoms with van der Waals surface area (Å²) in [6, 6.07) is 17.9. The minimum Gasteiger partial charge on any atom is -0.493 e. The van der Waals surface area contributed by atoms with Crippen molar-refractivity contribution in [3.05, 3.63) is 92.6 Å². The number of ether oxygens (including phenoxy) is 2. The van der Waals surface area contributed by atoms with Crippen LogP contribution in [0.5, 0.6) is 11.5 Å². The third kappa shape index (κ3) is 4.33. The number of aromatic nitrogens is 2. The molecule has 4 aromatic rings. The van der Waals surface area contributed by atoms with Gasteiger partial charge in [-0.05, 0) is 48.5 Å². The van der Waals surface area contributed by atoms with Crippen molar-refractivity contribution in [3.8, 4) is 17.2 Å². The number of carbonyl (C=O) groups is 1. The first-order valence-electron chi connectivity index (χ1n) is 9.95. The lowest BCUT2D eigenvalue weighted by atomic mass is 10.2. The Morgan fingerprint density at radius 2 is 1.64 bits per heavy atom. The Morgan fingerprint density at radius 3 is 2.33 bits per heavy atom. The molecular weight excluding hydrogens is 446 g/mol. The van der Waals surface area contributed by atoms with Crippen molar-refractivity contribution in [1.29, 1.82) is 0 Å². The highest BCUT2D eigenvalue weighted by atomic mass is 35.5. The fourth-order valence-electron chi connectivity index (χ4n) is 3.55. The lowest BCUT2D eigenvalue weighted by Crippen LogP contribution is -2.40. The van der Waals surface area contributed by atoms with Gasteiger partial charge in [-0.25, -0.2) is 9.36 Å². The third-order valence-corrected chi connectivity index (χ3v) is 5.36. The van der Waals surface area contributed by atoms with E-state index in [0.717, 1.165) is 4.57 Å². The van der Waals surface area contributed by atoms with Crippen LogP contribution in [0.3, 0.4) is 0 Å². The maximum atomic E-state index is 13.3. The summed E-state index contributed by atoms with van der Waals surface area (Å²) in [5.74, 6) is 0.526. The van der Waals surface area contributed by atoms with Gasteiger partial charge in [0.25, 0.3) is 5.56 Å². The van der Waals surface area contributed by atoms with Gasteiger partial charge >= 0.3 is 5.69 Å². The first-order valence-corrected chi connectivity index (χ1v) is 10.3. The highest BCUT2D eigenvalue weighted by Gasteiger charge is 2.17. The quantitative estimate of drug-likeness (QED) is 0.471. The fraction of sp³-hybridized carbons (Fsp3) is 0.125. The highest BCUT2D eigenvalue weighted by molar-refractivity contribution is 6.30. The van der Waals surface area contributed by atoms with Gasteiger partial charge in [-0.3, -0.25) is 14.2 Å². The van der Waals surface area contributed by atoms with Gasteiger partial charge in [0.2, 0.25) is 5.91 Å². The summed E-state index contributed by atoms with van der Waals surface area (Å²) in [4.78, 5) is 39.3. The summed E-state index contributed by atoms with van der Waals surface area (Å²) in [5, 5.41) is 3.54. The first-order chi connectivity index (χ1) is 15.9. The van der Waals surface area contributed by atoms with E-state index in [1.54, 1.807) is 66.7 Å². The molecular formula is C24H20ClN3O5. The standard InChI is InChI=1S/C24H20ClN3O5/c1-32-20-12-9-16(13-21(20)33-2)26-22(29)14-27-19-6-4-3-5-18(19)23(30)28(24(27)31)17-10-7-15(25)8-11-17/h3-13H,14H2,1-2H3,(H,26,29). The van der Waals surface area contributed by atoms with Crippen LogP contribution in [-0.2, 0) is 11.3 Å². The van der Waals surface area contributed by atoms with Gasteiger partial charge in [-0.2, -0.15) is 0 Å². The molecule has 9 heteroatoms. The van der Waals surface area contributed by atoms with Crippen LogP contribution in [0, 0.1) is 0 Å². The van der Waals surface area contributed by atoms with Crippen LogP contribution in [0.4, 0.5) is 5.69 Å². The van der Waals surface area contributed by atoms with Gasteiger partial charge in [-0.1, -0.05) is 23.7 Å². The Kier molecular flexibility index (Phi) is 6.19. The summed E-state index contributed by atoms with van der Waals surface area (Å²) >= 11 is 5.95. The second-order valence-electron chi connectivity index (χ2n) is 7.12. The molecule has 1 aromatic heterocycles. The number of nitrogens with one attached hydrogen (secondary N) is 1. The van der Waals surface area contributed by atoms with Crippen molar-refractivity contribution in [2.75, 3.05) is 19.5 Å². The van der Waals surface area contributed by atoms with E-state index in [-0.39, 0.29) is 6.54 Å². The van der Waals surface area contributed by atoms with Crippen LogP contribution in [0.15, 0.2) is 76.3 Å². The van der Waals surface area contributed by atoms with Crippen molar-refractivity contribution >= 4 is 34.1 Å². The molecule has 0 spiro atoms. The van der Waals surface area contributed by atoms with E-state index in [0.29, 0.717) is 38.8 Å².